The standard InChI is InChI=1S/C16H19NO3S2/c1-12(16(18)17-10-15-7-4-8-21-15)22(19)11-13-5-3-6-14(9-13)20-2/h3-9,12H,10-11H2,1-2H3,(H,17,18)/t12-,22-/m1/s1. The quantitative estimate of drug-likeness (QED) is 0.845. The number of benzene rings is 1. The second-order valence-electron chi connectivity index (χ2n) is 4.82. The first kappa shape index (κ1) is 16.7. The highest BCUT2D eigenvalue weighted by molar-refractivity contribution is 7.85. The van der Waals surface area contributed by atoms with Crippen molar-refractivity contribution in [3.63, 3.8) is 0 Å². The molecule has 0 aliphatic heterocycles. The van der Waals surface area contributed by atoms with E-state index < -0.39 is 16.0 Å². The normalized spacial score (nSPS) is 13.4. The second-order valence-corrected chi connectivity index (χ2v) is 7.61. The van der Waals surface area contributed by atoms with Crippen molar-refractivity contribution in [1.29, 1.82) is 0 Å². The Bertz CT molecular complexity index is 641. The molecule has 0 aliphatic carbocycles. The van der Waals surface area contributed by atoms with E-state index >= 15 is 0 Å². The molecule has 0 aliphatic rings. The van der Waals surface area contributed by atoms with Gasteiger partial charge in [0.05, 0.1) is 13.7 Å². The Morgan fingerprint density at radius 3 is 2.86 bits per heavy atom. The van der Waals surface area contributed by atoms with E-state index in [9.17, 15) is 9.00 Å². The number of carbonyl (C=O) groups excluding carboxylic acids is 1. The lowest BCUT2D eigenvalue weighted by molar-refractivity contribution is -0.120. The van der Waals surface area contributed by atoms with Crippen LogP contribution in [-0.4, -0.2) is 22.5 Å². The van der Waals surface area contributed by atoms with Crippen molar-refractivity contribution in [3.8, 4) is 5.75 Å². The van der Waals surface area contributed by atoms with Gasteiger partial charge in [0.25, 0.3) is 0 Å². The molecule has 1 N–H and O–H groups in total. The minimum atomic E-state index is -1.27. The fourth-order valence-corrected chi connectivity index (χ4v) is 3.63. The van der Waals surface area contributed by atoms with Gasteiger partial charge in [-0.2, -0.15) is 0 Å². The summed E-state index contributed by atoms with van der Waals surface area (Å²) in [6.07, 6.45) is 0. The molecule has 0 unspecified atom stereocenters. The summed E-state index contributed by atoms with van der Waals surface area (Å²) in [5.74, 6) is 0.879. The van der Waals surface area contributed by atoms with E-state index in [2.05, 4.69) is 5.32 Å². The van der Waals surface area contributed by atoms with Crippen LogP contribution in [0.4, 0.5) is 0 Å². The lowest BCUT2D eigenvalue weighted by atomic mass is 10.2. The molecule has 1 amide bonds. The van der Waals surface area contributed by atoms with E-state index in [4.69, 9.17) is 4.74 Å². The van der Waals surface area contributed by atoms with Crippen molar-refractivity contribution in [2.24, 2.45) is 0 Å². The Balaban J connectivity index is 1.89. The fourth-order valence-electron chi connectivity index (χ4n) is 1.90. The van der Waals surface area contributed by atoms with Gasteiger partial charge in [-0.05, 0) is 36.1 Å². The highest BCUT2D eigenvalue weighted by Gasteiger charge is 2.20. The van der Waals surface area contributed by atoms with Crippen molar-refractivity contribution in [2.45, 2.75) is 24.5 Å². The highest BCUT2D eigenvalue weighted by Crippen LogP contribution is 2.15. The van der Waals surface area contributed by atoms with Gasteiger partial charge in [-0.3, -0.25) is 9.00 Å². The van der Waals surface area contributed by atoms with Crippen molar-refractivity contribution in [3.05, 3.63) is 52.2 Å². The first-order valence-electron chi connectivity index (χ1n) is 6.90. The number of ether oxygens (including phenoxy) is 1. The van der Waals surface area contributed by atoms with Gasteiger partial charge in [-0.25, -0.2) is 0 Å². The van der Waals surface area contributed by atoms with Crippen LogP contribution in [0.5, 0.6) is 5.75 Å². The maximum Gasteiger partial charge on any atom is 0.235 e. The van der Waals surface area contributed by atoms with E-state index in [1.165, 1.54) is 0 Å². The number of hydrogen-bond acceptors (Lipinski definition) is 4. The maximum atomic E-state index is 12.3. The first-order chi connectivity index (χ1) is 10.6. The molecule has 0 fully saturated rings. The summed E-state index contributed by atoms with van der Waals surface area (Å²) in [5.41, 5.74) is 0.899. The largest absolute Gasteiger partial charge is 0.497 e. The number of hydrogen-bond donors (Lipinski definition) is 1. The van der Waals surface area contributed by atoms with Gasteiger partial charge in [-0.15, -0.1) is 11.3 Å². The topological polar surface area (TPSA) is 55.4 Å². The molecule has 2 rings (SSSR count). The lowest BCUT2D eigenvalue weighted by Gasteiger charge is -2.12. The molecule has 0 radical (unpaired) electrons. The molecule has 0 bridgehead atoms. The highest BCUT2D eigenvalue weighted by atomic mass is 32.2. The van der Waals surface area contributed by atoms with Gasteiger partial charge in [-0.1, -0.05) is 18.2 Å². The van der Waals surface area contributed by atoms with Crippen LogP contribution in [0.3, 0.4) is 0 Å². The van der Waals surface area contributed by atoms with Crippen LogP contribution in [0.25, 0.3) is 0 Å². The third-order valence-corrected chi connectivity index (χ3v) is 5.72. The van der Waals surface area contributed by atoms with E-state index in [1.807, 2.05) is 41.8 Å². The van der Waals surface area contributed by atoms with Gasteiger partial charge in [0.15, 0.2) is 0 Å². The number of rotatable bonds is 7. The van der Waals surface area contributed by atoms with Crippen molar-refractivity contribution in [2.75, 3.05) is 7.11 Å². The molecular weight excluding hydrogens is 318 g/mol. The third-order valence-electron chi connectivity index (χ3n) is 3.22. The lowest BCUT2D eigenvalue weighted by Crippen LogP contribution is -2.35. The summed E-state index contributed by atoms with van der Waals surface area (Å²) < 4.78 is 17.5. The zero-order valence-electron chi connectivity index (χ0n) is 12.6. The number of carbonyl (C=O) groups is 1. The van der Waals surface area contributed by atoms with Crippen LogP contribution in [0, 0.1) is 0 Å². The molecule has 2 atom stereocenters. The Labute approximate surface area is 137 Å². The number of thiophene rings is 1. The average molecular weight is 337 g/mol. The molecule has 1 aromatic heterocycles. The number of methoxy groups -OCH3 is 1. The minimum Gasteiger partial charge on any atom is -0.497 e. The van der Waals surface area contributed by atoms with Crippen molar-refractivity contribution < 1.29 is 13.7 Å². The monoisotopic (exact) mass is 337 g/mol. The van der Waals surface area contributed by atoms with Crippen LogP contribution >= 0.6 is 11.3 Å². The summed E-state index contributed by atoms with van der Waals surface area (Å²) in [6.45, 7) is 2.18. The second kappa shape index (κ2) is 8.10. The van der Waals surface area contributed by atoms with E-state index in [1.54, 1.807) is 25.4 Å². The average Bonchev–Trinajstić information content (AvgIpc) is 3.05. The number of nitrogens with one attached hydrogen (secondary N) is 1. The Morgan fingerprint density at radius 2 is 2.18 bits per heavy atom. The van der Waals surface area contributed by atoms with Crippen molar-refractivity contribution >= 4 is 28.0 Å². The molecule has 6 heteroatoms. The van der Waals surface area contributed by atoms with Crippen LogP contribution in [0.2, 0.25) is 0 Å². The maximum absolute atomic E-state index is 12.3. The van der Waals surface area contributed by atoms with Gasteiger partial charge in [0.1, 0.15) is 11.0 Å². The van der Waals surface area contributed by atoms with Crippen LogP contribution < -0.4 is 10.1 Å². The predicted octanol–water partition coefficient (Wildman–Crippen LogP) is 2.71. The fraction of sp³-hybridized carbons (Fsp3) is 0.312. The Morgan fingerprint density at radius 1 is 1.36 bits per heavy atom. The van der Waals surface area contributed by atoms with Gasteiger partial charge >= 0.3 is 0 Å². The van der Waals surface area contributed by atoms with Crippen LogP contribution in [-0.2, 0) is 27.9 Å². The van der Waals surface area contributed by atoms with E-state index in [-0.39, 0.29) is 5.91 Å². The van der Waals surface area contributed by atoms with Crippen molar-refractivity contribution in [1.82, 2.24) is 5.32 Å². The molecule has 22 heavy (non-hydrogen) atoms. The molecule has 4 nitrogen and oxygen atoms in total. The first-order valence-corrected chi connectivity index (χ1v) is 9.16. The minimum absolute atomic E-state index is 0.186. The van der Waals surface area contributed by atoms with Gasteiger partial charge in [0, 0.05) is 21.4 Å². The molecule has 118 valence electrons. The van der Waals surface area contributed by atoms with Gasteiger partial charge < -0.3 is 10.1 Å². The SMILES string of the molecule is COc1cccc(C[S@@](=O)[C@H](C)C(=O)NCc2cccs2)c1. The molecule has 2 aromatic rings. The van der Waals surface area contributed by atoms with Gasteiger partial charge in [0.2, 0.25) is 5.91 Å². The van der Waals surface area contributed by atoms with E-state index in [0.717, 1.165) is 16.2 Å². The summed E-state index contributed by atoms with van der Waals surface area (Å²) in [4.78, 5) is 13.2. The molecule has 0 saturated heterocycles. The zero-order chi connectivity index (χ0) is 15.9. The zero-order valence-corrected chi connectivity index (χ0v) is 14.2. The smallest absolute Gasteiger partial charge is 0.235 e. The number of amides is 1. The Kier molecular flexibility index (Phi) is 6.15. The van der Waals surface area contributed by atoms with E-state index in [0.29, 0.717) is 12.3 Å². The molecule has 1 heterocycles. The molecule has 0 spiro atoms. The van der Waals surface area contributed by atoms with Crippen LogP contribution in [0.15, 0.2) is 41.8 Å². The molecule has 1 aromatic carbocycles. The molecular formula is C16H19NO3S2. The summed E-state index contributed by atoms with van der Waals surface area (Å²) in [5, 5.41) is 4.24. The summed E-state index contributed by atoms with van der Waals surface area (Å²) >= 11 is 1.59. The third kappa shape index (κ3) is 4.68. The van der Waals surface area contributed by atoms with Crippen LogP contribution in [0.1, 0.15) is 17.4 Å². The summed E-state index contributed by atoms with van der Waals surface area (Å²) in [6, 6.07) is 11.3. The summed E-state index contributed by atoms with van der Waals surface area (Å²) in [7, 11) is 0.325. The predicted molar refractivity (Wildman–Crippen MR) is 90.5 cm³/mol. The Hall–Kier alpha value is -1.66. The molecule has 0 saturated carbocycles.